The Morgan fingerprint density at radius 3 is 3.17 bits per heavy atom. The fraction of sp³-hybridized carbons (Fsp3) is 0.357. The van der Waals surface area contributed by atoms with Gasteiger partial charge >= 0.3 is 0 Å². The van der Waals surface area contributed by atoms with E-state index in [1.165, 1.54) is 0 Å². The van der Waals surface area contributed by atoms with Crippen LogP contribution in [0.4, 0.5) is 5.69 Å². The van der Waals surface area contributed by atoms with E-state index in [1.807, 2.05) is 30.6 Å². The summed E-state index contributed by atoms with van der Waals surface area (Å²) in [5, 5.41) is 6.79. The molecule has 3 rings (SSSR count). The Kier molecular flexibility index (Phi) is 3.39. The lowest BCUT2D eigenvalue weighted by atomic mass is 10.2. The lowest BCUT2D eigenvalue weighted by molar-refractivity contribution is 0.0693. The van der Waals surface area contributed by atoms with Gasteiger partial charge in [-0.3, -0.25) is 10.3 Å². The SMILES string of the molecule is C1=NC=C(C2NCCCCO2)Nc2ccccc21. The summed E-state index contributed by atoms with van der Waals surface area (Å²) in [4.78, 5) is 4.33. The molecule has 2 N–H and O–H groups in total. The van der Waals surface area contributed by atoms with Gasteiger partial charge in [-0.15, -0.1) is 0 Å². The molecule has 1 unspecified atom stereocenters. The van der Waals surface area contributed by atoms with Crippen LogP contribution < -0.4 is 10.6 Å². The number of benzene rings is 1. The molecule has 0 aliphatic carbocycles. The summed E-state index contributed by atoms with van der Waals surface area (Å²) in [6, 6.07) is 8.13. The molecule has 18 heavy (non-hydrogen) atoms. The molecule has 1 saturated heterocycles. The van der Waals surface area contributed by atoms with Gasteiger partial charge in [0.2, 0.25) is 0 Å². The predicted octanol–water partition coefficient (Wildman–Crippen LogP) is 2.10. The molecule has 2 heterocycles. The number of rotatable bonds is 1. The van der Waals surface area contributed by atoms with Crippen LogP contribution in [0.3, 0.4) is 0 Å². The summed E-state index contributed by atoms with van der Waals surface area (Å²) in [5.41, 5.74) is 3.13. The van der Waals surface area contributed by atoms with Gasteiger partial charge < -0.3 is 10.1 Å². The molecule has 4 nitrogen and oxygen atoms in total. The first-order valence-corrected chi connectivity index (χ1v) is 6.38. The fourth-order valence-electron chi connectivity index (χ4n) is 2.16. The van der Waals surface area contributed by atoms with E-state index < -0.39 is 0 Å². The van der Waals surface area contributed by atoms with Crippen LogP contribution in [0.1, 0.15) is 18.4 Å². The van der Waals surface area contributed by atoms with Crippen LogP contribution in [0.2, 0.25) is 0 Å². The van der Waals surface area contributed by atoms with Gasteiger partial charge in [0.25, 0.3) is 0 Å². The second kappa shape index (κ2) is 5.33. The fourth-order valence-corrected chi connectivity index (χ4v) is 2.16. The maximum Gasteiger partial charge on any atom is 0.150 e. The van der Waals surface area contributed by atoms with Gasteiger partial charge in [0, 0.05) is 24.1 Å². The first-order valence-electron chi connectivity index (χ1n) is 6.38. The highest BCUT2D eigenvalue weighted by Crippen LogP contribution is 2.20. The molecule has 0 bridgehead atoms. The van der Waals surface area contributed by atoms with Crippen LogP contribution in [0, 0.1) is 0 Å². The first kappa shape index (κ1) is 11.4. The average Bonchev–Trinajstić information content (AvgIpc) is 2.79. The number of anilines is 1. The van der Waals surface area contributed by atoms with Crippen LogP contribution in [-0.2, 0) is 4.74 Å². The molecular formula is C14H17N3O. The third kappa shape index (κ3) is 2.44. The standard InChI is InChI=1S/C14H17N3O/c1-2-6-12-11(5-1)9-15-10-13(17-12)14-16-7-3-4-8-18-14/h1-2,5-6,9-10,14,16-17H,3-4,7-8H2. The minimum absolute atomic E-state index is 0.0872. The van der Waals surface area contributed by atoms with E-state index >= 15 is 0 Å². The van der Waals surface area contributed by atoms with Gasteiger partial charge in [0.05, 0.1) is 11.9 Å². The quantitative estimate of drug-likeness (QED) is 0.794. The number of nitrogens with one attached hydrogen (secondary N) is 2. The van der Waals surface area contributed by atoms with Crippen LogP contribution in [0.15, 0.2) is 41.2 Å². The molecule has 0 radical (unpaired) electrons. The van der Waals surface area contributed by atoms with Crippen molar-refractivity contribution in [3.63, 3.8) is 0 Å². The number of fused-ring (bicyclic) bond motifs is 1. The Hall–Kier alpha value is -1.65. The van der Waals surface area contributed by atoms with E-state index in [0.717, 1.165) is 42.9 Å². The Labute approximate surface area is 107 Å². The van der Waals surface area contributed by atoms with Crippen LogP contribution in [0.25, 0.3) is 0 Å². The van der Waals surface area contributed by atoms with E-state index in [4.69, 9.17) is 4.74 Å². The van der Waals surface area contributed by atoms with Crippen molar-refractivity contribution in [2.24, 2.45) is 4.99 Å². The number of ether oxygens (including phenoxy) is 1. The molecule has 0 spiro atoms. The highest BCUT2D eigenvalue weighted by molar-refractivity contribution is 5.89. The number of hydrogen-bond donors (Lipinski definition) is 2. The molecule has 1 atom stereocenters. The number of nitrogens with zero attached hydrogens (tertiary/aromatic N) is 1. The summed E-state index contributed by atoms with van der Waals surface area (Å²) in [6.45, 7) is 1.77. The maximum absolute atomic E-state index is 5.80. The average molecular weight is 243 g/mol. The van der Waals surface area contributed by atoms with E-state index in [9.17, 15) is 0 Å². The zero-order chi connectivity index (χ0) is 12.2. The zero-order valence-corrected chi connectivity index (χ0v) is 10.2. The minimum Gasteiger partial charge on any atom is -0.357 e. The Morgan fingerprint density at radius 2 is 2.17 bits per heavy atom. The van der Waals surface area contributed by atoms with Crippen molar-refractivity contribution in [3.05, 3.63) is 41.7 Å². The Balaban J connectivity index is 1.82. The smallest absolute Gasteiger partial charge is 0.150 e. The second-order valence-electron chi connectivity index (χ2n) is 4.49. The molecule has 1 aromatic carbocycles. The highest BCUT2D eigenvalue weighted by Gasteiger charge is 2.18. The van der Waals surface area contributed by atoms with Gasteiger partial charge in [-0.25, -0.2) is 0 Å². The van der Waals surface area contributed by atoms with Crippen LogP contribution in [0.5, 0.6) is 0 Å². The maximum atomic E-state index is 5.80. The van der Waals surface area contributed by atoms with Crippen molar-refractivity contribution < 1.29 is 4.74 Å². The van der Waals surface area contributed by atoms with Gasteiger partial charge in [-0.2, -0.15) is 0 Å². The van der Waals surface area contributed by atoms with Crippen molar-refractivity contribution >= 4 is 11.9 Å². The van der Waals surface area contributed by atoms with Crippen molar-refractivity contribution in [3.8, 4) is 0 Å². The van der Waals surface area contributed by atoms with Gasteiger partial charge in [0.1, 0.15) is 0 Å². The third-order valence-corrected chi connectivity index (χ3v) is 3.13. The normalized spacial score (nSPS) is 23.3. The number of para-hydroxylation sites is 1. The van der Waals surface area contributed by atoms with Crippen LogP contribution >= 0.6 is 0 Å². The monoisotopic (exact) mass is 243 g/mol. The minimum atomic E-state index is -0.0872. The first-order chi connectivity index (χ1) is 8.93. The molecule has 0 saturated carbocycles. The van der Waals surface area contributed by atoms with Crippen molar-refractivity contribution in [2.75, 3.05) is 18.5 Å². The molecule has 0 amide bonds. The largest absolute Gasteiger partial charge is 0.357 e. The highest BCUT2D eigenvalue weighted by atomic mass is 16.5. The second-order valence-corrected chi connectivity index (χ2v) is 4.49. The molecular weight excluding hydrogens is 226 g/mol. The predicted molar refractivity (Wildman–Crippen MR) is 72.7 cm³/mol. The van der Waals surface area contributed by atoms with Gasteiger partial charge in [-0.1, -0.05) is 18.2 Å². The molecule has 1 aromatic rings. The van der Waals surface area contributed by atoms with E-state index in [1.54, 1.807) is 0 Å². The van der Waals surface area contributed by atoms with E-state index in [-0.39, 0.29) is 6.23 Å². The molecule has 94 valence electrons. The molecule has 2 aliphatic heterocycles. The van der Waals surface area contributed by atoms with Gasteiger partial charge in [0.15, 0.2) is 6.23 Å². The van der Waals surface area contributed by atoms with Gasteiger partial charge in [-0.05, 0) is 25.5 Å². The van der Waals surface area contributed by atoms with E-state index in [0.29, 0.717) is 0 Å². The number of aliphatic imine (C=N–C) groups is 1. The summed E-state index contributed by atoms with van der Waals surface area (Å²) in [7, 11) is 0. The van der Waals surface area contributed by atoms with Crippen molar-refractivity contribution in [1.82, 2.24) is 5.32 Å². The zero-order valence-electron chi connectivity index (χ0n) is 10.2. The van der Waals surface area contributed by atoms with Crippen LogP contribution in [-0.4, -0.2) is 25.6 Å². The van der Waals surface area contributed by atoms with Crippen molar-refractivity contribution in [1.29, 1.82) is 0 Å². The Morgan fingerprint density at radius 1 is 1.22 bits per heavy atom. The Bertz CT molecular complexity index is 474. The molecule has 2 aliphatic rings. The molecule has 0 aromatic heterocycles. The lowest BCUT2D eigenvalue weighted by Gasteiger charge is -2.20. The number of hydrogen-bond acceptors (Lipinski definition) is 4. The summed E-state index contributed by atoms with van der Waals surface area (Å²) in [6.07, 6.45) is 5.88. The van der Waals surface area contributed by atoms with E-state index in [2.05, 4.69) is 21.7 Å². The summed E-state index contributed by atoms with van der Waals surface area (Å²) >= 11 is 0. The molecule has 1 fully saturated rings. The van der Waals surface area contributed by atoms with Crippen molar-refractivity contribution in [2.45, 2.75) is 19.1 Å². The third-order valence-electron chi connectivity index (χ3n) is 3.13. The lowest BCUT2D eigenvalue weighted by Crippen LogP contribution is -2.35. The summed E-state index contributed by atoms with van der Waals surface area (Å²) < 4.78 is 5.80. The summed E-state index contributed by atoms with van der Waals surface area (Å²) in [5.74, 6) is 0. The molecule has 4 heteroatoms. The topological polar surface area (TPSA) is 45.7 Å².